The number of cyclic esters (lactones) is 1. The topological polar surface area (TPSA) is 115 Å². The lowest BCUT2D eigenvalue weighted by Gasteiger charge is -2.28. The molecule has 0 aromatic carbocycles. The first-order chi connectivity index (χ1) is 14.9. The van der Waals surface area contributed by atoms with Crippen molar-refractivity contribution in [2.75, 3.05) is 36.6 Å². The summed E-state index contributed by atoms with van der Waals surface area (Å²) in [4.78, 5) is 26.4. The Morgan fingerprint density at radius 2 is 2.13 bits per heavy atom. The highest BCUT2D eigenvalue weighted by molar-refractivity contribution is 6.31. The van der Waals surface area contributed by atoms with Crippen LogP contribution in [0, 0.1) is 11.8 Å². The maximum Gasteiger partial charge on any atom is 0.416 e. The Kier molecular flexibility index (Phi) is 6.27. The van der Waals surface area contributed by atoms with Gasteiger partial charge >= 0.3 is 6.09 Å². The molecule has 0 aliphatic carbocycles. The zero-order valence-corrected chi connectivity index (χ0v) is 18.0. The molecule has 2 N–H and O–H groups in total. The van der Waals surface area contributed by atoms with Crippen molar-refractivity contribution in [1.29, 1.82) is 0 Å². The van der Waals surface area contributed by atoms with Gasteiger partial charge in [0.1, 0.15) is 18.0 Å². The lowest BCUT2D eigenvalue weighted by molar-refractivity contribution is -0.0136. The number of aromatic nitrogens is 4. The Hall–Kier alpha value is -2.87. The Labute approximate surface area is 184 Å². The third-order valence-electron chi connectivity index (χ3n) is 4.99. The zero-order valence-electron chi connectivity index (χ0n) is 17.2. The standard InChI is InChI=1S/C20H23ClN6O4/c1-12(2)27-13(9-23-19(27)26-6-8-31-20(26)29)3-4-15-14(21)10-22-18(24-15)25-16-5-7-30-11-17(16)28/h9-10,12,16-17,28H,5-8,11H2,1-2H3,(H,22,24,25)/t16-,17-/m1/s1. The van der Waals surface area contributed by atoms with E-state index in [0.717, 1.165) is 0 Å². The molecule has 31 heavy (non-hydrogen) atoms. The molecule has 0 saturated carbocycles. The number of hydrogen-bond donors (Lipinski definition) is 2. The lowest BCUT2D eigenvalue weighted by Crippen LogP contribution is -2.42. The predicted molar refractivity (Wildman–Crippen MR) is 113 cm³/mol. The Morgan fingerprint density at radius 1 is 1.29 bits per heavy atom. The fraction of sp³-hybridized carbons (Fsp3) is 0.500. The number of amides is 1. The molecule has 2 aromatic heterocycles. The normalized spacial score (nSPS) is 21.1. The average molecular weight is 447 g/mol. The summed E-state index contributed by atoms with van der Waals surface area (Å²) in [6, 6.07) is -0.191. The van der Waals surface area contributed by atoms with Crippen LogP contribution in [0.5, 0.6) is 0 Å². The smallest absolute Gasteiger partial charge is 0.416 e. The van der Waals surface area contributed by atoms with Crippen LogP contribution in [-0.4, -0.2) is 69.2 Å². The van der Waals surface area contributed by atoms with E-state index in [1.807, 2.05) is 18.4 Å². The van der Waals surface area contributed by atoms with Crippen molar-refractivity contribution in [1.82, 2.24) is 19.5 Å². The van der Waals surface area contributed by atoms with Gasteiger partial charge in [0.2, 0.25) is 11.9 Å². The summed E-state index contributed by atoms with van der Waals surface area (Å²) in [7, 11) is 0. The van der Waals surface area contributed by atoms with E-state index in [1.165, 1.54) is 11.1 Å². The number of aliphatic hydroxyl groups excluding tert-OH is 1. The number of halogens is 1. The largest absolute Gasteiger partial charge is 0.447 e. The summed E-state index contributed by atoms with van der Waals surface area (Å²) in [5, 5.41) is 13.5. The molecule has 2 aliphatic heterocycles. The highest BCUT2D eigenvalue weighted by Crippen LogP contribution is 2.24. The number of imidazole rings is 1. The maximum atomic E-state index is 12.0. The third-order valence-corrected chi connectivity index (χ3v) is 5.27. The molecule has 2 fully saturated rings. The number of ether oxygens (including phenoxy) is 2. The van der Waals surface area contributed by atoms with Gasteiger partial charge in [-0.3, -0.25) is 0 Å². The minimum atomic E-state index is -0.640. The molecular weight excluding hydrogens is 424 g/mol. The molecular formula is C20H23ClN6O4. The van der Waals surface area contributed by atoms with E-state index in [0.29, 0.717) is 54.5 Å². The van der Waals surface area contributed by atoms with E-state index in [4.69, 9.17) is 21.1 Å². The lowest BCUT2D eigenvalue weighted by atomic mass is 10.1. The van der Waals surface area contributed by atoms with Gasteiger partial charge in [0, 0.05) is 12.6 Å². The molecule has 2 saturated heterocycles. The van der Waals surface area contributed by atoms with E-state index in [-0.39, 0.29) is 18.7 Å². The number of hydrogen-bond acceptors (Lipinski definition) is 8. The number of nitrogens with zero attached hydrogens (tertiary/aromatic N) is 5. The quantitative estimate of drug-likeness (QED) is 0.683. The molecule has 2 aromatic rings. The summed E-state index contributed by atoms with van der Waals surface area (Å²) in [5.74, 6) is 6.85. The molecule has 10 nitrogen and oxygen atoms in total. The predicted octanol–water partition coefficient (Wildman–Crippen LogP) is 1.83. The van der Waals surface area contributed by atoms with Crippen LogP contribution in [0.3, 0.4) is 0 Å². The molecule has 11 heteroatoms. The van der Waals surface area contributed by atoms with Gasteiger partial charge in [-0.25, -0.2) is 24.6 Å². The number of carbonyl (C=O) groups excluding carboxylic acids is 1. The third kappa shape index (κ3) is 4.58. The first kappa shape index (κ1) is 21.4. The van der Waals surface area contributed by atoms with Crippen molar-refractivity contribution >= 4 is 29.6 Å². The SMILES string of the molecule is CC(C)n1c(C#Cc2nc(N[C@@H]3CCOC[C@H]3O)ncc2Cl)cnc1N1CCOC1=O. The summed E-state index contributed by atoms with van der Waals surface area (Å²) in [6.07, 6.45) is 2.66. The molecule has 4 rings (SSSR count). The van der Waals surface area contributed by atoms with Crippen LogP contribution < -0.4 is 10.2 Å². The fourth-order valence-corrected chi connectivity index (χ4v) is 3.57. The van der Waals surface area contributed by atoms with E-state index in [2.05, 4.69) is 32.1 Å². The summed E-state index contributed by atoms with van der Waals surface area (Å²) in [5.41, 5.74) is 0.966. The van der Waals surface area contributed by atoms with E-state index in [1.54, 1.807) is 6.20 Å². The molecule has 164 valence electrons. The summed E-state index contributed by atoms with van der Waals surface area (Å²) >= 11 is 6.25. The molecule has 1 amide bonds. The van der Waals surface area contributed by atoms with Crippen LogP contribution in [0.25, 0.3) is 0 Å². The first-order valence-electron chi connectivity index (χ1n) is 10.0. The van der Waals surface area contributed by atoms with Crippen LogP contribution in [0.2, 0.25) is 5.02 Å². The molecule has 2 atom stereocenters. The molecule has 4 heterocycles. The van der Waals surface area contributed by atoms with Crippen LogP contribution >= 0.6 is 11.6 Å². The summed E-state index contributed by atoms with van der Waals surface area (Å²) < 4.78 is 12.1. The van der Waals surface area contributed by atoms with Gasteiger partial charge in [-0.05, 0) is 32.1 Å². The van der Waals surface area contributed by atoms with E-state index >= 15 is 0 Å². The van der Waals surface area contributed by atoms with Gasteiger partial charge in [-0.15, -0.1) is 0 Å². The van der Waals surface area contributed by atoms with Crippen molar-refractivity contribution in [3.8, 4) is 11.8 Å². The van der Waals surface area contributed by atoms with Gasteiger partial charge in [0.25, 0.3) is 0 Å². The van der Waals surface area contributed by atoms with Gasteiger partial charge in [0.05, 0.1) is 42.7 Å². The van der Waals surface area contributed by atoms with Gasteiger partial charge in [-0.2, -0.15) is 0 Å². The first-order valence-corrected chi connectivity index (χ1v) is 10.4. The second-order valence-electron chi connectivity index (χ2n) is 7.50. The number of carbonyl (C=O) groups is 1. The number of rotatable bonds is 4. The van der Waals surface area contributed by atoms with Gasteiger partial charge in [-0.1, -0.05) is 11.6 Å². The Balaban J connectivity index is 1.60. The van der Waals surface area contributed by atoms with Crippen LogP contribution in [0.1, 0.15) is 37.7 Å². The van der Waals surface area contributed by atoms with E-state index < -0.39 is 12.2 Å². The second kappa shape index (κ2) is 9.09. The maximum absolute atomic E-state index is 12.0. The van der Waals surface area contributed by atoms with Crippen LogP contribution in [0.15, 0.2) is 12.4 Å². The highest BCUT2D eigenvalue weighted by Gasteiger charge is 2.29. The minimum Gasteiger partial charge on any atom is -0.447 e. The Bertz CT molecular complexity index is 1030. The second-order valence-corrected chi connectivity index (χ2v) is 7.90. The molecule has 2 aliphatic rings. The van der Waals surface area contributed by atoms with Crippen molar-refractivity contribution in [2.45, 2.75) is 38.5 Å². The monoisotopic (exact) mass is 446 g/mol. The van der Waals surface area contributed by atoms with Crippen molar-refractivity contribution in [3.63, 3.8) is 0 Å². The molecule has 0 unspecified atom stereocenters. The average Bonchev–Trinajstić information content (AvgIpc) is 3.35. The van der Waals surface area contributed by atoms with Crippen LogP contribution in [-0.2, 0) is 9.47 Å². The number of anilines is 2. The van der Waals surface area contributed by atoms with Crippen molar-refractivity contribution in [3.05, 3.63) is 28.8 Å². The van der Waals surface area contributed by atoms with Crippen LogP contribution in [0.4, 0.5) is 16.7 Å². The molecule has 0 spiro atoms. The Morgan fingerprint density at radius 3 is 2.84 bits per heavy atom. The molecule has 0 radical (unpaired) electrons. The molecule has 0 bridgehead atoms. The number of nitrogens with one attached hydrogen (secondary N) is 1. The number of aliphatic hydroxyl groups is 1. The van der Waals surface area contributed by atoms with Crippen molar-refractivity contribution in [2.24, 2.45) is 0 Å². The summed E-state index contributed by atoms with van der Waals surface area (Å²) in [6.45, 7) is 5.57. The highest BCUT2D eigenvalue weighted by atomic mass is 35.5. The zero-order chi connectivity index (χ0) is 22.0. The minimum absolute atomic E-state index is 0.0170. The van der Waals surface area contributed by atoms with Gasteiger partial charge in [0.15, 0.2) is 0 Å². The van der Waals surface area contributed by atoms with Crippen molar-refractivity contribution < 1.29 is 19.4 Å². The fourth-order valence-electron chi connectivity index (χ4n) is 3.43. The van der Waals surface area contributed by atoms with E-state index in [9.17, 15) is 9.90 Å². The van der Waals surface area contributed by atoms with Gasteiger partial charge < -0.3 is 24.5 Å².